The number of aromatic nitrogens is 2. The van der Waals surface area contributed by atoms with E-state index in [-0.39, 0.29) is 24.8 Å². The molecule has 1 unspecified atom stereocenters. The van der Waals surface area contributed by atoms with Crippen molar-refractivity contribution >= 4 is 0 Å². The van der Waals surface area contributed by atoms with E-state index >= 15 is 0 Å². The lowest BCUT2D eigenvalue weighted by molar-refractivity contribution is -0.0498. The average molecular weight is 255 g/mol. The minimum Gasteiger partial charge on any atom is -0.309 e. The summed E-state index contributed by atoms with van der Waals surface area (Å²) >= 11 is 0. The molecule has 1 N–H and O–H groups in total. The first-order chi connectivity index (χ1) is 8.62. The number of nitrogens with one attached hydrogen (secondary N) is 1. The maximum atomic E-state index is 13.2. The molecule has 1 saturated carbocycles. The highest BCUT2D eigenvalue weighted by Crippen LogP contribution is 2.40. The second-order valence-electron chi connectivity index (χ2n) is 4.86. The second-order valence-corrected chi connectivity index (χ2v) is 4.86. The Morgan fingerprint density at radius 1 is 1.39 bits per heavy atom. The Hall–Kier alpha value is -1.10. The van der Waals surface area contributed by atoms with Gasteiger partial charge >= 0.3 is 0 Å². The van der Waals surface area contributed by atoms with Crippen molar-refractivity contribution in [2.24, 2.45) is 5.92 Å². The van der Waals surface area contributed by atoms with Crippen LogP contribution in [0.1, 0.15) is 44.3 Å². The quantitative estimate of drug-likeness (QED) is 0.898. The normalized spacial score (nSPS) is 21.7. The standard InChI is InChI=1S/C13H19F2N3/c1-2-17-12(11-9-16-7-8-18-11)10-3-5-13(14,15)6-4-10/h7-10,12,17H,2-6H2,1H3. The maximum absolute atomic E-state index is 13.2. The number of hydrogen-bond donors (Lipinski definition) is 1. The molecule has 5 heteroatoms. The Kier molecular flexibility index (Phi) is 4.22. The zero-order chi connectivity index (χ0) is 13.0. The van der Waals surface area contributed by atoms with Crippen LogP contribution in [0.3, 0.4) is 0 Å². The minimum absolute atomic E-state index is 0.0141. The van der Waals surface area contributed by atoms with Crippen LogP contribution in [0.5, 0.6) is 0 Å². The van der Waals surface area contributed by atoms with Crippen molar-refractivity contribution in [2.75, 3.05) is 6.54 Å². The molecule has 1 heterocycles. The molecule has 1 atom stereocenters. The number of hydrogen-bond acceptors (Lipinski definition) is 3. The molecule has 1 fully saturated rings. The third-order valence-corrected chi connectivity index (χ3v) is 3.56. The summed E-state index contributed by atoms with van der Waals surface area (Å²) in [4.78, 5) is 8.36. The summed E-state index contributed by atoms with van der Waals surface area (Å²) in [6.07, 6.45) is 6.06. The third-order valence-electron chi connectivity index (χ3n) is 3.56. The van der Waals surface area contributed by atoms with Crippen LogP contribution in [-0.4, -0.2) is 22.4 Å². The van der Waals surface area contributed by atoms with Gasteiger partial charge in [0.15, 0.2) is 0 Å². The van der Waals surface area contributed by atoms with Crippen LogP contribution in [0.2, 0.25) is 0 Å². The Balaban J connectivity index is 2.07. The maximum Gasteiger partial charge on any atom is 0.248 e. The predicted octanol–water partition coefficient (Wildman–Crippen LogP) is 2.95. The number of halogens is 2. The van der Waals surface area contributed by atoms with E-state index in [2.05, 4.69) is 15.3 Å². The van der Waals surface area contributed by atoms with Gasteiger partial charge in [-0.05, 0) is 25.3 Å². The van der Waals surface area contributed by atoms with Gasteiger partial charge in [0.05, 0.1) is 11.7 Å². The smallest absolute Gasteiger partial charge is 0.248 e. The largest absolute Gasteiger partial charge is 0.309 e. The Labute approximate surface area is 106 Å². The molecule has 0 amide bonds. The molecule has 100 valence electrons. The molecule has 18 heavy (non-hydrogen) atoms. The first-order valence-electron chi connectivity index (χ1n) is 6.49. The van der Waals surface area contributed by atoms with E-state index in [1.165, 1.54) is 0 Å². The van der Waals surface area contributed by atoms with E-state index in [4.69, 9.17) is 0 Å². The van der Waals surface area contributed by atoms with Crippen LogP contribution in [0, 0.1) is 5.92 Å². The van der Waals surface area contributed by atoms with Crippen LogP contribution in [0.15, 0.2) is 18.6 Å². The van der Waals surface area contributed by atoms with E-state index in [9.17, 15) is 8.78 Å². The SMILES string of the molecule is CCNC(c1cnccn1)C1CCC(F)(F)CC1. The summed E-state index contributed by atoms with van der Waals surface area (Å²) in [5.74, 6) is -2.25. The lowest BCUT2D eigenvalue weighted by Crippen LogP contribution is -2.34. The van der Waals surface area contributed by atoms with Crippen molar-refractivity contribution in [3.05, 3.63) is 24.3 Å². The van der Waals surface area contributed by atoms with Gasteiger partial charge < -0.3 is 5.32 Å². The van der Waals surface area contributed by atoms with Gasteiger partial charge in [-0.2, -0.15) is 0 Å². The monoisotopic (exact) mass is 255 g/mol. The highest BCUT2D eigenvalue weighted by molar-refractivity contribution is 5.05. The summed E-state index contributed by atoms with van der Waals surface area (Å²) in [5, 5.41) is 3.35. The third kappa shape index (κ3) is 3.22. The number of nitrogens with zero attached hydrogens (tertiary/aromatic N) is 2. The fraction of sp³-hybridized carbons (Fsp3) is 0.692. The molecule has 1 aromatic rings. The molecule has 1 aliphatic carbocycles. The van der Waals surface area contributed by atoms with Crippen LogP contribution in [0.4, 0.5) is 8.78 Å². The van der Waals surface area contributed by atoms with Crippen LogP contribution >= 0.6 is 0 Å². The van der Waals surface area contributed by atoms with Crippen LogP contribution in [-0.2, 0) is 0 Å². The molecule has 3 nitrogen and oxygen atoms in total. The van der Waals surface area contributed by atoms with Crippen molar-refractivity contribution in [1.82, 2.24) is 15.3 Å². The van der Waals surface area contributed by atoms with E-state index in [1.54, 1.807) is 18.6 Å². The predicted molar refractivity (Wildman–Crippen MR) is 65.4 cm³/mol. The molecule has 0 bridgehead atoms. The number of rotatable bonds is 4. The van der Waals surface area contributed by atoms with Gasteiger partial charge in [-0.15, -0.1) is 0 Å². The molecule has 0 saturated heterocycles. The van der Waals surface area contributed by atoms with Gasteiger partial charge in [-0.1, -0.05) is 6.92 Å². The van der Waals surface area contributed by atoms with E-state index in [0.717, 1.165) is 12.2 Å². The van der Waals surface area contributed by atoms with Crippen molar-refractivity contribution in [2.45, 2.75) is 44.6 Å². The van der Waals surface area contributed by atoms with Crippen molar-refractivity contribution in [3.63, 3.8) is 0 Å². The number of alkyl halides is 2. The van der Waals surface area contributed by atoms with E-state index < -0.39 is 5.92 Å². The molecular weight excluding hydrogens is 236 g/mol. The molecule has 1 aliphatic rings. The molecule has 2 rings (SSSR count). The Morgan fingerprint density at radius 3 is 2.67 bits per heavy atom. The van der Waals surface area contributed by atoms with Gasteiger partial charge in [0.2, 0.25) is 5.92 Å². The highest BCUT2D eigenvalue weighted by Gasteiger charge is 2.38. The average Bonchev–Trinajstić information content (AvgIpc) is 2.38. The Bertz CT molecular complexity index is 360. The molecule has 1 aromatic heterocycles. The first-order valence-corrected chi connectivity index (χ1v) is 6.49. The molecule has 0 radical (unpaired) electrons. The van der Waals surface area contributed by atoms with Gasteiger partial charge in [-0.3, -0.25) is 9.97 Å². The van der Waals surface area contributed by atoms with E-state index in [1.807, 2.05) is 6.92 Å². The lowest BCUT2D eigenvalue weighted by atomic mass is 9.81. The Morgan fingerprint density at radius 2 is 2.11 bits per heavy atom. The van der Waals surface area contributed by atoms with Crippen LogP contribution in [0.25, 0.3) is 0 Å². The summed E-state index contributed by atoms with van der Waals surface area (Å²) in [6, 6.07) is 0.0415. The fourth-order valence-electron chi connectivity index (χ4n) is 2.60. The topological polar surface area (TPSA) is 37.8 Å². The zero-order valence-electron chi connectivity index (χ0n) is 10.6. The summed E-state index contributed by atoms with van der Waals surface area (Å²) in [7, 11) is 0. The van der Waals surface area contributed by atoms with Crippen molar-refractivity contribution < 1.29 is 8.78 Å². The van der Waals surface area contributed by atoms with Gasteiger partial charge in [0.25, 0.3) is 0 Å². The van der Waals surface area contributed by atoms with Gasteiger partial charge in [0.1, 0.15) is 0 Å². The minimum atomic E-state index is -2.48. The van der Waals surface area contributed by atoms with Crippen molar-refractivity contribution in [3.8, 4) is 0 Å². The van der Waals surface area contributed by atoms with Gasteiger partial charge in [-0.25, -0.2) is 8.78 Å². The second kappa shape index (κ2) is 5.69. The summed E-state index contributed by atoms with van der Waals surface area (Å²) in [5.41, 5.74) is 0.856. The first kappa shape index (κ1) is 13.3. The molecule has 0 spiro atoms. The fourth-order valence-corrected chi connectivity index (χ4v) is 2.60. The lowest BCUT2D eigenvalue weighted by Gasteiger charge is -2.33. The highest BCUT2D eigenvalue weighted by atomic mass is 19.3. The summed E-state index contributed by atoms with van der Waals surface area (Å²) in [6.45, 7) is 2.81. The van der Waals surface area contributed by atoms with Crippen molar-refractivity contribution in [1.29, 1.82) is 0 Å². The molecular formula is C13H19F2N3. The van der Waals surface area contributed by atoms with Crippen LogP contribution < -0.4 is 5.32 Å². The molecule has 0 aromatic carbocycles. The van der Waals surface area contributed by atoms with Gasteiger partial charge in [0, 0.05) is 31.4 Å². The molecule has 0 aliphatic heterocycles. The van der Waals surface area contributed by atoms with E-state index in [0.29, 0.717) is 12.8 Å². The summed E-state index contributed by atoms with van der Waals surface area (Å²) < 4.78 is 26.4. The zero-order valence-corrected chi connectivity index (χ0v) is 10.6.